The van der Waals surface area contributed by atoms with Crippen LogP contribution in [0.3, 0.4) is 0 Å². The van der Waals surface area contributed by atoms with Crippen LogP contribution in [0.15, 0.2) is 29.3 Å². The Morgan fingerprint density at radius 2 is 2.00 bits per heavy atom. The van der Waals surface area contributed by atoms with Crippen molar-refractivity contribution in [3.05, 3.63) is 35.4 Å². The minimum absolute atomic E-state index is 0.108. The molecule has 0 aromatic heterocycles. The molecule has 1 saturated heterocycles. The van der Waals surface area contributed by atoms with E-state index in [9.17, 15) is 5.11 Å². The molecule has 1 aromatic rings. The number of piperidine rings is 1. The highest BCUT2D eigenvalue weighted by Gasteiger charge is 2.17. The summed E-state index contributed by atoms with van der Waals surface area (Å²) in [6.45, 7) is 5.65. The minimum atomic E-state index is -0.108. The molecule has 2 heterocycles. The van der Waals surface area contributed by atoms with Crippen LogP contribution >= 0.6 is 0 Å². The number of likely N-dealkylation sites (tertiary alicyclic amines) is 1. The van der Waals surface area contributed by atoms with Gasteiger partial charge in [-0.15, -0.1) is 0 Å². The Bertz CT molecular complexity index is 509. The zero-order valence-electron chi connectivity index (χ0n) is 13.1. The number of guanidine groups is 1. The summed E-state index contributed by atoms with van der Waals surface area (Å²) in [4.78, 5) is 6.89. The van der Waals surface area contributed by atoms with Gasteiger partial charge in [-0.2, -0.15) is 0 Å². The predicted octanol–water partition coefficient (Wildman–Crippen LogP) is 1.08. The van der Waals surface area contributed by atoms with E-state index in [1.54, 1.807) is 0 Å². The lowest BCUT2D eigenvalue weighted by atomic mass is 10.0. The summed E-state index contributed by atoms with van der Waals surface area (Å²) in [5.41, 5.74) is 2.69. The van der Waals surface area contributed by atoms with Gasteiger partial charge in [-0.3, -0.25) is 9.89 Å². The van der Waals surface area contributed by atoms with Crippen molar-refractivity contribution < 1.29 is 5.11 Å². The summed E-state index contributed by atoms with van der Waals surface area (Å²) in [5, 5.41) is 16.3. The lowest BCUT2D eigenvalue weighted by Crippen LogP contribution is -2.40. The van der Waals surface area contributed by atoms with E-state index in [0.717, 1.165) is 64.5 Å². The first-order chi connectivity index (χ1) is 10.8. The molecule has 0 aliphatic carbocycles. The molecule has 1 fully saturated rings. The molecule has 5 heteroatoms. The van der Waals surface area contributed by atoms with Gasteiger partial charge in [0.15, 0.2) is 5.96 Å². The molecule has 0 spiro atoms. The summed E-state index contributed by atoms with van der Waals surface area (Å²) in [6.07, 6.45) is 2.79. The van der Waals surface area contributed by atoms with Gasteiger partial charge in [-0.25, -0.2) is 0 Å². The number of benzene rings is 1. The highest BCUT2D eigenvalue weighted by Crippen LogP contribution is 2.16. The van der Waals surface area contributed by atoms with E-state index in [-0.39, 0.29) is 6.10 Å². The molecule has 2 aliphatic rings. The lowest BCUT2D eigenvalue weighted by Gasteiger charge is -2.30. The van der Waals surface area contributed by atoms with E-state index in [4.69, 9.17) is 0 Å². The molecular formula is C17H26N4O. The molecule has 3 N–H and O–H groups in total. The van der Waals surface area contributed by atoms with Crippen LogP contribution in [0.25, 0.3) is 0 Å². The zero-order valence-corrected chi connectivity index (χ0v) is 13.1. The normalized spacial score (nSPS) is 20.3. The smallest absolute Gasteiger partial charge is 0.191 e. The minimum Gasteiger partial charge on any atom is -0.393 e. The Morgan fingerprint density at radius 1 is 1.23 bits per heavy atom. The van der Waals surface area contributed by atoms with Crippen LogP contribution in [0.5, 0.6) is 0 Å². The van der Waals surface area contributed by atoms with Gasteiger partial charge in [0.1, 0.15) is 0 Å². The summed E-state index contributed by atoms with van der Waals surface area (Å²) in [6, 6.07) is 8.59. The third kappa shape index (κ3) is 4.21. The molecule has 0 amide bonds. The molecule has 1 aromatic carbocycles. The quantitative estimate of drug-likeness (QED) is 0.779. The molecule has 22 heavy (non-hydrogen) atoms. The van der Waals surface area contributed by atoms with Crippen molar-refractivity contribution in [3.63, 3.8) is 0 Å². The van der Waals surface area contributed by atoms with Gasteiger partial charge in [0.2, 0.25) is 0 Å². The third-order valence-corrected chi connectivity index (χ3v) is 4.41. The van der Waals surface area contributed by atoms with Gasteiger partial charge in [-0.1, -0.05) is 24.3 Å². The fraction of sp³-hybridized carbons (Fsp3) is 0.588. The molecule has 0 bridgehead atoms. The standard InChI is InChI=1S/C17H26N4O/c22-16-6-10-21(11-7-16)13-15-5-2-1-4-14(15)12-20-17-18-8-3-9-19-17/h1-2,4-5,16,22H,3,6-13H2,(H2,18,19,20). The van der Waals surface area contributed by atoms with Crippen LogP contribution in [-0.4, -0.2) is 48.2 Å². The van der Waals surface area contributed by atoms with E-state index in [1.807, 2.05) is 0 Å². The molecule has 0 radical (unpaired) electrons. The maximum atomic E-state index is 9.62. The van der Waals surface area contributed by atoms with E-state index in [2.05, 4.69) is 44.8 Å². The Morgan fingerprint density at radius 3 is 2.73 bits per heavy atom. The van der Waals surface area contributed by atoms with Crippen molar-refractivity contribution in [1.82, 2.24) is 15.5 Å². The average molecular weight is 302 g/mol. The highest BCUT2D eigenvalue weighted by atomic mass is 16.3. The monoisotopic (exact) mass is 302 g/mol. The second-order valence-electron chi connectivity index (χ2n) is 6.14. The van der Waals surface area contributed by atoms with Crippen LogP contribution in [0, 0.1) is 0 Å². The summed E-state index contributed by atoms with van der Waals surface area (Å²) in [5.74, 6) is 0.919. The van der Waals surface area contributed by atoms with Crippen molar-refractivity contribution in [2.45, 2.75) is 38.5 Å². The molecule has 3 rings (SSSR count). The van der Waals surface area contributed by atoms with Crippen molar-refractivity contribution in [1.29, 1.82) is 0 Å². The van der Waals surface area contributed by atoms with Crippen LogP contribution in [0.1, 0.15) is 30.4 Å². The average Bonchev–Trinajstić information content (AvgIpc) is 2.57. The maximum absolute atomic E-state index is 9.62. The number of hydrogen-bond acceptors (Lipinski definition) is 5. The van der Waals surface area contributed by atoms with Crippen LogP contribution in [0.4, 0.5) is 0 Å². The van der Waals surface area contributed by atoms with Gasteiger partial charge in [-0.05, 0) is 30.4 Å². The Kier molecular flexibility index (Phi) is 5.29. The van der Waals surface area contributed by atoms with Crippen molar-refractivity contribution in [2.75, 3.05) is 26.2 Å². The third-order valence-electron chi connectivity index (χ3n) is 4.41. The summed E-state index contributed by atoms with van der Waals surface area (Å²) >= 11 is 0. The molecule has 0 saturated carbocycles. The van der Waals surface area contributed by atoms with Crippen molar-refractivity contribution >= 4 is 5.96 Å². The van der Waals surface area contributed by atoms with Gasteiger partial charge in [0.25, 0.3) is 0 Å². The largest absolute Gasteiger partial charge is 0.393 e. The van der Waals surface area contributed by atoms with E-state index in [0.29, 0.717) is 0 Å². The summed E-state index contributed by atoms with van der Waals surface area (Å²) in [7, 11) is 0. The Labute approximate surface area is 132 Å². The van der Waals surface area contributed by atoms with Crippen molar-refractivity contribution in [2.24, 2.45) is 4.99 Å². The zero-order chi connectivity index (χ0) is 15.2. The molecule has 5 nitrogen and oxygen atoms in total. The number of hydrogen-bond donors (Lipinski definition) is 3. The molecular weight excluding hydrogens is 276 g/mol. The number of nitrogens with zero attached hydrogens (tertiary/aromatic N) is 2. The second kappa shape index (κ2) is 7.61. The first-order valence-corrected chi connectivity index (χ1v) is 8.30. The number of rotatable bonds is 4. The van der Waals surface area contributed by atoms with Gasteiger partial charge >= 0.3 is 0 Å². The predicted molar refractivity (Wildman–Crippen MR) is 88.7 cm³/mol. The first kappa shape index (κ1) is 15.3. The van der Waals surface area contributed by atoms with E-state index < -0.39 is 0 Å². The number of aliphatic imine (C=N–C) groups is 1. The second-order valence-corrected chi connectivity index (χ2v) is 6.14. The molecule has 0 unspecified atom stereocenters. The van der Waals surface area contributed by atoms with E-state index in [1.165, 1.54) is 11.1 Å². The molecule has 0 atom stereocenters. The van der Waals surface area contributed by atoms with Gasteiger partial charge in [0.05, 0.1) is 6.10 Å². The molecule has 2 aliphatic heterocycles. The van der Waals surface area contributed by atoms with E-state index >= 15 is 0 Å². The Hall–Kier alpha value is -1.59. The fourth-order valence-corrected chi connectivity index (χ4v) is 3.03. The highest BCUT2D eigenvalue weighted by molar-refractivity contribution is 5.80. The summed E-state index contributed by atoms with van der Waals surface area (Å²) < 4.78 is 0. The van der Waals surface area contributed by atoms with Gasteiger partial charge in [0, 0.05) is 39.3 Å². The van der Waals surface area contributed by atoms with Crippen LogP contribution in [0.2, 0.25) is 0 Å². The SMILES string of the molecule is OC1CCN(Cc2ccccc2CNC2=NCCCN2)CC1. The maximum Gasteiger partial charge on any atom is 0.191 e. The number of nitrogens with one attached hydrogen (secondary N) is 2. The lowest BCUT2D eigenvalue weighted by molar-refractivity contribution is 0.0791. The number of aliphatic hydroxyl groups excluding tert-OH is 1. The van der Waals surface area contributed by atoms with Crippen molar-refractivity contribution in [3.8, 4) is 0 Å². The number of aliphatic hydroxyl groups is 1. The first-order valence-electron chi connectivity index (χ1n) is 8.30. The topological polar surface area (TPSA) is 59.9 Å². The van der Waals surface area contributed by atoms with Gasteiger partial charge < -0.3 is 15.7 Å². The Balaban J connectivity index is 1.58. The van der Waals surface area contributed by atoms with Crippen LogP contribution < -0.4 is 10.6 Å². The fourth-order valence-electron chi connectivity index (χ4n) is 3.03. The van der Waals surface area contributed by atoms with Crippen LogP contribution in [-0.2, 0) is 13.1 Å². The molecule has 120 valence electrons.